The number of nitrogens with one attached hydrogen (secondary N) is 3. The molecule has 1 aliphatic rings. The molecule has 1 fully saturated rings. The first-order chi connectivity index (χ1) is 59.5. The third-order valence-corrected chi connectivity index (χ3v) is 15.7. The van der Waals surface area contributed by atoms with Crippen LogP contribution in [0.1, 0.15) is 148 Å². The molecule has 7 heterocycles. The summed E-state index contributed by atoms with van der Waals surface area (Å²) < 4.78 is 68.6. The van der Waals surface area contributed by atoms with Crippen LogP contribution in [0.3, 0.4) is 0 Å². The molecule has 37 heteroatoms. The second-order valence-electron chi connectivity index (χ2n) is 24.7. The summed E-state index contributed by atoms with van der Waals surface area (Å²) in [7, 11) is 0. The van der Waals surface area contributed by atoms with E-state index >= 15 is 0 Å². The summed E-state index contributed by atoms with van der Waals surface area (Å²) >= 11 is -1.44. The van der Waals surface area contributed by atoms with Crippen LogP contribution in [-0.4, -0.2) is 183 Å². The van der Waals surface area contributed by atoms with E-state index in [9.17, 15) is 38.4 Å². The van der Waals surface area contributed by atoms with Crippen LogP contribution in [0, 0.1) is 11.8 Å². The molecule has 13 rings (SSSR count). The fourth-order valence-electron chi connectivity index (χ4n) is 10.3. The van der Waals surface area contributed by atoms with Gasteiger partial charge in [0, 0.05) is 55.4 Å². The van der Waals surface area contributed by atoms with Gasteiger partial charge in [0.2, 0.25) is 23.5 Å². The summed E-state index contributed by atoms with van der Waals surface area (Å²) in [5.74, 6) is 2.58. The van der Waals surface area contributed by atoms with Gasteiger partial charge in [-0.1, -0.05) is 121 Å². The predicted octanol–water partition coefficient (Wildman–Crippen LogP) is 11.1. The predicted molar refractivity (Wildman–Crippen MR) is 447 cm³/mol. The fraction of sp³-hybridized carbons (Fsp3) is 0.291. The average molecular weight is 1740 g/mol. The monoisotopic (exact) mass is 1740 g/mol. The van der Waals surface area contributed by atoms with E-state index in [1.54, 1.807) is 78.1 Å². The number of aldehydes is 1. The molecule has 6 aromatic carbocycles. The Balaban J connectivity index is 0.000000253. The van der Waals surface area contributed by atoms with E-state index in [1.807, 2.05) is 161 Å². The Morgan fingerprint density at radius 2 is 0.976 bits per heavy atom. The molecule has 0 bridgehead atoms. The molecule has 0 radical (unpaired) electrons. The number of H-pyrrole nitrogens is 3. The number of nitrogens with zero attached hydrogens (tertiary/aromatic N) is 9. The van der Waals surface area contributed by atoms with Gasteiger partial charge >= 0.3 is 58.3 Å². The SMILES string of the molecule is C1CCOC1.CCOC(=O)C#CC(=O)OCC.CCOC(=O)c1cc(=O)n(Cc2ccccc2)[nH]1.CCOC(=O)c1cc(OCC)n(Cc2ccccc2)n1.CCOc1cc(-c2nc3ccc(C(=O)O)cc3[nH]2)[nH]n1.CCOc1cc(C=O)nn1Cc1ccccc1.CCOc1cc(CO)nn1Cc1ccccc1.Nc1ccc(C(=O)O)cc1N.[O]=[Mn]=[O]. The molecule has 0 spiro atoms. The number of rotatable bonds is 27. The number of aromatic nitrogens is 12. The third-order valence-electron chi connectivity index (χ3n) is 15.7. The van der Waals surface area contributed by atoms with E-state index in [-0.39, 0.29) is 54.5 Å². The third kappa shape index (κ3) is 35.9. The number of anilines is 2. The standard InChI is InChI=1S/C15H18N2O3.C13H12N4O3.C13H14N2O3.C13H16N2O2.C13H14N2O2.C8H10O4.C7H8N2O2.C4H8O.Mn.2O/c1-3-19-14-10-13(15(18)20-4-2)16-17(14)11-12-8-6-5-7-9-12;1-2-20-11-6-10(16-17-11)12-14-8-4-3-7(13(18)19)5-9(8)15-12;1-2-18-13(17)11-8-12(16)15(14-11)9-10-6-4-3-5-7-10;2*1-2-17-13-8-12(10-16)14-15(13)9-11-6-4-3-5-7-11;1-3-11-7(9)5-6-8(10)12-4-2;8-5-2-1-4(7(10)11)3-6(5)9;1-2-4-5-3-1;;;/h5-10H,3-4,11H2,1-2H3;3-6H,2H2,1H3,(H,14,15)(H,16,17)(H,18,19);3-8,14H,2,9H2,1H3;3-8,16H,2,9-10H2,1H3;3-8,10H,2,9H2,1H3;3-4H2,1-2H3;1-3H,8-9H2,(H,10,11);1-4H2;;;. The molecular formula is C86H100MnN14O22. The van der Waals surface area contributed by atoms with Crippen molar-refractivity contribution in [3.8, 4) is 46.9 Å². The Bertz CT molecular complexity index is 5350. The molecule has 1 saturated heterocycles. The Morgan fingerprint density at radius 1 is 0.520 bits per heavy atom. The van der Waals surface area contributed by atoms with Crippen LogP contribution in [0.25, 0.3) is 22.6 Å². The molecule has 0 atom stereocenters. The minimum absolute atomic E-state index is 0.0676. The Kier molecular flexibility index (Phi) is 45.2. The first-order valence-electron chi connectivity index (χ1n) is 38.6. The number of hydrogen-bond donors (Lipinski definition) is 8. The molecule has 0 unspecified atom stereocenters. The van der Waals surface area contributed by atoms with Crippen molar-refractivity contribution in [2.45, 2.75) is 101 Å². The number of ether oxygens (including phenoxy) is 9. The molecule has 1 aliphatic heterocycles. The summed E-state index contributed by atoms with van der Waals surface area (Å²) in [6, 6.07) is 56.4. The number of imidazole rings is 1. The normalized spacial score (nSPS) is 10.5. The average Bonchev–Trinajstić information content (AvgIpc) is 1.66. The fourth-order valence-corrected chi connectivity index (χ4v) is 10.3. The zero-order valence-corrected chi connectivity index (χ0v) is 70.3. The van der Waals surface area contributed by atoms with Crippen LogP contribution < -0.4 is 36.0 Å². The van der Waals surface area contributed by atoms with Crippen LogP contribution >= 0.6 is 0 Å². The molecule has 0 saturated carbocycles. The zero-order valence-electron chi connectivity index (χ0n) is 69.2. The maximum absolute atomic E-state index is 11.7. The molecular weight excluding hydrogens is 1640 g/mol. The Hall–Kier alpha value is -14.5. The number of nitrogen functional groups attached to an aromatic ring is 2. The molecule has 12 aromatic rings. The van der Waals surface area contributed by atoms with Crippen LogP contribution in [0.15, 0.2) is 193 Å². The van der Waals surface area contributed by atoms with E-state index in [1.165, 1.54) is 47.9 Å². The number of aromatic amines is 3. The number of carbonyl (C=O) groups is 7. The number of aromatic carboxylic acids is 2. The van der Waals surface area contributed by atoms with Crippen LogP contribution in [0.5, 0.6) is 23.5 Å². The maximum atomic E-state index is 11.7. The van der Waals surface area contributed by atoms with Gasteiger partial charge in [-0.05, 0) is 127 Å². The van der Waals surface area contributed by atoms with Crippen molar-refractivity contribution < 1.29 is 114 Å². The zero-order chi connectivity index (χ0) is 89.7. The number of aliphatic hydroxyl groups excluding tert-OH is 1. The van der Waals surface area contributed by atoms with Crippen LogP contribution in [0.4, 0.5) is 11.4 Å². The number of hydrogen-bond acceptors (Lipinski definition) is 27. The quantitative estimate of drug-likeness (QED) is 0.00451. The van der Waals surface area contributed by atoms with Crippen LogP contribution in [0.2, 0.25) is 0 Å². The Labute approximate surface area is 714 Å². The van der Waals surface area contributed by atoms with Gasteiger partial charge in [0.05, 0.1) is 125 Å². The summed E-state index contributed by atoms with van der Waals surface area (Å²) in [5, 5.41) is 48.8. The van der Waals surface area contributed by atoms with Gasteiger partial charge in [-0.25, -0.2) is 52.5 Å². The van der Waals surface area contributed by atoms with Crippen molar-refractivity contribution in [3.05, 3.63) is 255 Å². The first-order valence-corrected chi connectivity index (χ1v) is 39.6. The van der Waals surface area contributed by atoms with Gasteiger partial charge < -0.3 is 74.4 Å². The van der Waals surface area contributed by atoms with Crippen LogP contribution in [-0.2, 0) is 88.5 Å². The van der Waals surface area contributed by atoms with E-state index in [4.69, 9.17) is 67.6 Å². The van der Waals surface area contributed by atoms with Gasteiger partial charge in [-0.3, -0.25) is 19.8 Å². The summed E-state index contributed by atoms with van der Waals surface area (Å²) in [6.45, 7) is 21.8. The van der Waals surface area contributed by atoms with Crippen molar-refractivity contribution in [1.82, 2.24) is 59.3 Å². The molecule has 653 valence electrons. The van der Waals surface area contributed by atoms with Crippen molar-refractivity contribution in [2.24, 2.45) is 0 Å². The molecule has 123 heavy (non-hydrogen) atoms. The molecule has 10 N–H and O–H groups in total. The molecule has 36 nitrogen and oxygen atoms in total. The number of carboxylic acids is 2. The molecule has 0 amide bonds. The number of nitrogens with two attached hydrogens (primary N) is 2. The van der Waals surface area contributed by atoms with Gasteiger partial charge in [0.25, 0.3) is 5.56 Å². The summed E-state index contributed by atoms with van der Waals surface area (Å²) in [4.78, 5) is 95.4. The van der Waals surface area contributed by atoms with Crippen molar-refractivity contribution >= 4 is 64.5 Å². The van der Waals surface area contributed by atoms with E-state index in [0.29, 0.717) is 128 Å². The number of benzene rings is 6. The number of fused-ring (bicyclic) bond motifs is 1. The summed E-state index contributed by atoms with van der Waals surface area (Å²) in [5.41, 5.74) is 19.4. The summed E-state index contributed by atoms with van der Waals surface area (Å²) in [6.07, 6.45) is 3.28. The van der Waals surface area contributed by atoms with E-state index < -0.39 is 50.6 Å². The van der Waals surface area contributed by atoms with Crippen molar-refractivity contribution in [2.75, 3.05) is 77.5 Å². The minimum atomic E-state index is -1.44. The van der Waals surface area contributed by atoms with E-state index in [2.05, 4.69) is 50.0 Å². The van der Waals surface area contributed by atoms with Gasteiger partial charge in [-0.15, -0.1) is 5.10 Å². The molecule has 0 aliphatic carbocycles. The second kappa shape index (κ2) is 56.1. The number of esters is 4. The topological polar surface area (TPSA) is 498 Å². The first kappa shape index (κ1) is 99.1. The van der Waals surface area contributed by atoms with Crippen molar-refractivity contribution in [3.63, 3.8) is 0 Å². The van der Waals surface area contributed by atoms with E-state index in [0.717, 1.165) is 41.8 Å². The Morgan fingerprint density at radius 3 is 1.43 bits per heavy atom. The number of carboxylic acid groups (broad SMARTS) is 2. The van der Waals surface area contributed by atoms with Gasteiger partial charge in [0.1, 0.15) is 17.1 Å². The van der Waals surface area contributed by atoms with Crippen molar-refractivity contribution in [1.29, 1.82) is 0 Å². The number of carbonyl (C=O) groups excluding carboxylic acids is 5. The number of aliphatic hydroxyl groups is 1. The second-order valence-corrected chi connectivity index (χ2v) is 24.9. The van der Waals surface area contributed by atoms with Gasteiger partial charge in [0.15, 0.2) is 17.8 Å². The molecule has 6 aromatic heterocycles. The van der Waals surface area contributed by atoms with Gasteiger partial charge in [-0.2, -0.15) is 15.3 Å².